The number of benzene rings is 1. The minimum absolute atomic E-state index is 0.0131. The van der Waals surface area contributed by atoms with Crippen LogP contribution in [-0.2, 0) is 4.79 Å². The van der Waals surface area contributed by atoms with Crippen LogP contribution < -0.4 is 15.4 Å². The number of urea groups is 1. The minimum Gasteiger partial charge on any atom is -0.484 e. The molecule has 1 heterocycles. The quantitative estimate of drug-likeness (QED) is 0.879. The molecular weight excluding hydrogens is 318 g/mol. The zero-order chi connectivity index (χ0) is 18.4. The molecule has 1 fully saturated rings. The minimum atomic E-state index is -0.256. The first-order valence-corrected chi connectivity index (χ1v) is 8.79. The molecule has 2 N–H and O–H groups in total. The maximum atomic E-state index is 12.3. The lowest BCUT2D eigenvalue weighted by molar-refractivity contribution is -0.134. The van der Waals surface area contributed by atoms with Crippen LogP contribution in [0.2, 0.25) is 0 Å². The van der Waals surface area contributed by atoms with Crippen molar-refractivity contribution in [2.75, 3.05) is 19.7 Å². The molecule has 0 aromatic heterocycles. The molecule has 1 aliphatic heterocycles. The molecule has 2 rings (SSSR count). The van der Waals surface area contributed by atoms with Crippen molar-refractivity contribution in [2.45, 2.75) is 52.1 Å². The van der Waals surface area contributed by atoms with Gasteiger partial charge in [-0.25, -0.2) is 4.79 Å². The van der Waals surface area contributed by atoms with Gasteiger partial charge in [0, 0.05) is 24.7 Å². The summed E-state index contributed by atoms with van der Waals surface area (Å²) < 4.78 is 5.63. The van der Waals surface area contributed by atoms with E-state index in [-0.39, 0.29) is 30.1 Å². The zero-order valence-corrected chi connectivity index (χ0v) is 15.6. The number of nitrogens with one attached hydrogen (secondary N) is 2. The van der Waals surface area contributed by atoms with Crippen LogP contribution in [0.1, 0.15) is 39.2 Å². The van der Waals surface area contributed by atoms with Gasteiger partial charge in [0.15, 0.2) is 6.61 Å². The lowest BCUT2D eigenvalue weighted by Gasteiger charge is -2.33. The second-order valence-electron chi connectivity index (χ2n) is 7.56. The van der Waals surface area contributed by atoms with E-state index in [0.29, 0.717) is 13.1 Å². The summed E-state index contributed by atoms with van der Waals surface area (Å²) in [4.78, 5) is 26.0. The molecule has 1 aliphatic rings. The monoisotopic (exact) mass is 347 g/mol. The van der Waals surface area contributed by atoms with Gasteiger partial charge < -0.3 is 20.3 Å². The first kappa shape index (κ1) is 19.1. The Morgan fingerprint density at radius 1 is 1.20 bits per heavy atom. The predicted octanol–water partition coefficient (Wildman–Crippen LogP) is 2.46. The van der Waals surface area contributed by atoms with Crippen LogP contribution in [-0.4, -0.2) is 48.1 Å². The summed E-state index contributed by atoms with van der Waals surface area (Å²) in [5, 5.41) is 5.87. The number of carbonyl (C=O) groups excluding carboxylic acids is 2. The molecule has 0 saturated carbocycles. The summed E-state index contributed by atoms with van der Waals surface area (Å²) in [5.74, 6) is 0.729. The van der Waals surface area contributed by atoms with Gasteiger partial charge in [-0.15, -0.1) is 0 Å². The van der Waals surface area contributed by atoms with E-state index in [1.54, 1.807) is 4.90 Å². The molecule has 1 aromatic carbocycles. The van der Waals surface area contributed by atoms with Crippen LogP contribution in [0.15, 0.2) is 24.3 Å². The number of likely N-dealkylation sites (tertiary alicyclic amines) is 1. The van der Waals surface area contributed by atoms with Crippen LogP contribution >= 0.6 is 0 Å². The highest BCUT2D eigenvalue weighted by molar-refractivity contribution is 5.78. The van der Waals surface area contributed by atoms with E-state index in [0.717, 1.165) is 24.2 Å². The van der Waals surface area contributed by atoms with Gasteiger partial charge >= 0.3 is 6.03 Å². The maximum absolute atomic E-state index is 12.3. The normalized spacial score (nSPS) is 15.6. The Kier molecular flexibility index (Phi) is 6.28. The van der Waals surface area contributed by atoms with Crippen molar-refractivity contribution in [2.24, 2.45) is 0 Å². The summed E-state index contributed by atoms with van der Waals surface area (Å²) in [6, 6.07) is 7.61. The summed E-state index contributed by atoms with van der Waals surface area (Å²) in [6.45, 7) is 9.12. The maximum Gasteiger partial charge on any atom is 0.315 e. The zero-order valence-electron chi connectivity index (χ0n) is 15.6. The van der Waals surface area contributed by atoms with Crippen molar-refractivity contribution in [1.82, 2.24) is 15.5 Å². The second kappa shape index (κ2) is 8.23. The molecule has 0 aliphatic carbocycles. The first-order chi connectivity index (χ1) is 11.7. The number of rotatable bonds is 4. The van der Waals surface area contributed by atoms with Crippen molar-refractivity contribution >= 4 is 11.9 Å². The van der Waals surface area contributed by atoms with E-state index in [1.807, 2.05) is 52.0 Å². The van der Waals surface area contributed by atoms with Crippen molar-refractivity contribution in [1.29, 1.82) is 0 Å². The molecule has 25 heavy (non-hydrogen) atoms. The van der Waals surface area contributed by atoms with E-state index in [9.17, 15) is 9.59 Å². The summed E-state index contributed by atoms with van der Waals surface area (Å²) >= 11 is 0. The molecule has 138 valence electrons. The SMILES string of the molecule is Cc1ccccc1OCC(=O)N1CCC(NC(=O)NC(C)(C)C)CC1. The standard InChI is InChI=1S/C19H29N3O3/c1-14-7-5-6-8-16(14)25-13-17(23)22-11-9-15(10-12-22)20-18(24)21-19(2,3)4/h5-8,15H,9-13H2,1-4H3,(H2,20,21,24). The molecule has 0 atom stereocenters. The molecule has 0 bridgehead atoms. The van der Waals surface area contributed by atoms with Gasteiger partial charge in [-0.1, -0.05) is 18.2 Å². The van der Waals surface area contributed by atoms with E-state index >= 15 is 0 Å². The number of amides is 3. The fraction of sp³-hybridized carbons (Fsp3) is 0.579. The largest absolute Gasteiger partial charge is 0.484 e. The summed E-state index contributed by atoms with van der Waals surface area (Å²) in [7, 11) is 0. The number of piperidine rings is 1. The van der Waals surface area contributed by atoms with E-state index in [4.69, 9.17) is 4.74 Å². The predicted molar refractivity (Wildman–Crippen MR) is 97.7 cm³/mol. The third-order valence-electron chi connectivity index (χ3n) is 4.12. The number of ether oxygens (including phenoxy) is 1. The topological polar surface area (TPSA) is 70.7 Å². The third-order valence-corrected chi connectivity index (χ3v) is 4.12. The van der Waals surface area contributed by atoms with Gasteiger partial charge in [-0.2, -0.15) is 0 Å². The highest BCUT2D eigenvalue weighted by atomic mass is 16.5. The fourth-order valence-corrected chi connectivity index (χ4v) is 2.78. The Balaban J connectivity index is 1.73. The Bertz CT molecular complexity index is 602. The van der Waals surface area contributed by atoms with Gasteiger partial charge in [0.2, 0.25) is 0 Å². The van der Waals surface area contributed by atoms with Crippen molar-refractivity contribution < 1.29 is 14.3 Å². The van der Waals surface area contributed by atoms with Gasteiger partial charge in [-0.05, 0) is 52.2 Å². The van der Waals surface area contributed by atoms with Gasteiger partial charge in [-0.3, -0.25) is 4.79 Å². The van der Waals surface area contributed by atoms with Crippen LogP contribution in [0.4, 0.5) is 4.79 Å². The molecule has 3 amide bonds. The number of nitrogens with zero attached hydrogens (tertiary/aromatic N) is 1. The van der Waals surface area contributed by atoms with Gasteiger partial charge in [0.25, 0.3) is 5.91 Å². The Morgan fingerprint density at radius 3 is 2.44 bits per heavy atom. The first-order valence-electron chi connectivity index (χ1n) is 8.79. The Morgan fingerprint density at radius 2 is 1.84 bits per heavy atom. The van der Waals surface area contributed by atoms with Crippen molar-refractivity contribution in [3.63, 3.8) is 0 Å². The lowest BCUT2D eigenvalue weighted by Crippen LogP contribution is -2.53. The fourth-order valence-electron chi connectivity index (χ4n) is 2.78. The molecule has 6 heteroatoms. The van der Waals surface area contributed by atoms with Crippen molar-refractivity contribution in [3.8, 4) is 5.75 Å². The average Bonchev–Trinajstić information content (AvgIpc) is 2.52. The lowest BCUT2D eigenvalue weighted by atomic mass is 10.0. The van der Waals surface area contributed by atoms with Gasteiger partial charge in [0.1, 0.15) is 5.75 Å². The molecule has 0 radical (unpaired) electrons. The second-order valence-corrected chi connectivity index (χ2v) is 7.56. The number of hydrogen-bond donors (Lipinski definition) is 2. The average molecular weight is 347 g/mol. The van der Waals surface area contributed by atoms with Crippen LogP contribution in [0.5, 0.6) is 5.75 Å². The number of para-hydroxylation sites is 1. The van der Waals surface area contributed by atoms with Crippen molar-refractivity contribution in [3.05, 3.63) is 29.8 Å². The molecular formula is C19H29N3O3. The van der Waals surface area contributed by atoms with Crippen LogP contribution in [0.25, 0.3) is 0 Å². The number of hydrogen-bond acceptors (Lipinski definition) is 3. The third kappa shape index (κ3) is 6.29. The molecule has 1 aromatic rings. The molecule has 0 spiro atoms. The van der Waals surface area contributed by atoms with Crippen LogP contribution in [0.3, 0.4) is 0 Å². The van der Waals surface area contributed by atoms with E-state index in [2.05, 4.69) is 10.6 Å². The smallest absolute Gasteiger partial charge is 0.315 e. The highest BCUT2D eigenvalue weighted by Gasteiger charge is 2.25. The number of aryl methyl sites for hydroxylation is 1. The Hall–Kier alpha value is -2.24. The Labute approximate surface area is 149 Å². The molecule has 6 nitrogen and oxygen atoms in total. The summed E-state index contributed by atoms with van der Waals surface area (Å²) in [5.41, 5.74) is 0.760. The van der Waals surface area contributed by atoms with E-state index < -0.39 is 0 Å². The summed E-state index contributed by atoms with van der Waals surface area (Å²) in [6.07, 6.45) is 1.52. The number of carbonyl (C=O) groups is 2. The van der Waals surface area contributed by atoms with Crippen LogP contribution in [0, 0.1) is 6.92 Å². The molecule has 0 unspecified atom stereocenters. The van der Waals surface area contributed by atoms with E-state index in [1.165, 1.54) is 0 Å². The van der Waals surface area contributed by atoms with Gasteiger partial charge in [0.05, 0.1) is 0 Å². The highest BCUT2D eigenvalue weighted by Crippen LogP contribution is 2.17. The molecule has 1 saturated heterocycles.